The fourth-order valence-electron chi connectivity index (χ4n) is 2.34. The van der Waals surface area contributed by atoms with Crippen LogP contribution in [0.15, 0.2) is 77.7 Å². The van der Waals surface area contributed by atoms with Gasteiger partial charge >= 0.3 is 5.97 Å². The third-order valence-corrected chi connectivity index (χ3v) is 5.26. The van der Waals surface area contributed by atoms with Crippen LogP contribution >= 0.6 is 23.4 Å². The summed E-state index contributed by atoms with van der Waals surface area (Å²) in [5.74, 6) is 0.937. The summed E-state index contributed by atoms with van der Waals surface area (Å²) in [5, 5.41) is 0.583. The van der Waals surface area contributed by atoms with Crippen molar-refractivity contribution in [2.24, 2.45) is 0 Å². The van der Waals surface area contributed by atoms with Crippen molar-refractivity contribution in [3.8, 4) is 5.75 Å². The number of hydrogen-bond donors (Lipinski definition) is 0. The minimum Gasteiger partial charge on any atom is -0.421 e. The highest BCUT2D eigenvalue weighted by molar-refractivity contribution is 7.98. The molecular formula is C21H17ClO2S. The summed E-state index contributed by atoms with van der Waals surface area (Å²) in [6.07, 6.45) is 0. The van der Waals surface area contributed by atoms with Gasteiger partial charge in [-0.2, -0.15) is 0 Å². The van der Waals surface area contributed by atoms with Crippen LogP contribution in [0.5, 0.6) is 5.75 Å². The molecule has 2 nitrogen and oxygen atoms in total. The van der Waals surface area contributed by atoms with E-state index >= 15 is 0 Å². The van der Waals surface area contributed by atoms with Crippen LogP contribution in [0.1, 0.15) is 21.5 Å². The summed E-state index contributed by atoms with van der Waals surface area (Å²) in [4.78, 5) is 13.3. The second kappa shape index (κ2) is 8.24. The number of thioether (sulfide) groups is 1. The number of rotatable bonds is 5. The minimum atomic E-state index is -0.382. The highest BCUT2D eigenvalue weighted by Crippen LogP contribution is 2.38. The van der Waals surface area contributed by atoms with Gasteiger partial charge in [0.15, 0.2) is 0 Å². The first-order valence-electron chi connectivity index (χ1n) is 7.88. The van der Waals surface area contributed by atoms with Crippen LogP contribution in [-0.4, -0.2) is 5.97 Å². The second-order valence-electron chi connectivity index (χ2n) is 5.53. The molecule has 0 saturated carbocycles. The summed E-state index contributed by atoms with van der Waals surface area (Å²) in [7, 11) is 0. The molecule has 0 unspecified atom stereocenters. The molecule has 4 heteroatoms. The van der Waals surface area contributed by atoms with Gasteiger partial charge in [0.2, 0.25) is 0 Å². The minimum absolute atomic E-state index is 0.382. The molecule has 0 N–H and O–H groups in total. The fraction of sp³-hybridized carbons (Fsp3) is 0.0952. The van der Waals surface area contributed by atoms with Gasteiger partial charge in [-0.3, -0.25) is 0 Å². The first-order valence-corrected chi connectivity index (χ1v) is 9.24. The molecule has 0 aliphatic carbocycles. The summed E-state index contributed by atoms with van der Waals surface area (Å²) >= 11 is 7.86. The van der Waals surface area contributed by atoms with Crippen molar-refractivity contribution >= 4 is 29.3 Å². The summed E-state index contributed by atoms with van der Waals surface area (Å²) < 4.78 is 5.69. The van der Waals surface area contributed by atoms with Crippen LogP contribution in [0, 0.1) is 6.92 Å². The van der Waals surface area contributed by atoms with Gasteiger partial charge in [0.1, 0.15) is 5.75 Å². The Balaban J connectivity index is 1.84. The number of carbonyl (C=O) groups excluding carboxylic acids is 1. The molecule has 3 aromatic rings. The van der Waals surface area contributed by atoms with Gasteiger partial charge in [-0.15, -0.1) is 11.8 Å². The van der Waals surface area contributed by atoms with Gasteiger partial charge in [-0.1, -0.05) is 60.1 Å². The predicted octanol–water partition coefficient (Wildman–Crippen LogP) is 6.16. The van der Waals surface area contributed by atoms with Crippen LogP contribution in [0.25, 0.3) is 0 Å². The van der Waals surface area contributed by atoms with E-state index in [9.17, 15) is 4.79 Å². The van der Waals surface area contributed by atoms with Crippen molar-refractivity contribution in [3.63, 3.8) is 0 Å². The molecule has 0 aromatic heterocycles. The molecule has 0 atom stereocenters. The molecule has 126 valence electrons. The van der Waals surface area contributed by atoms with Gasteiger partial charge in [0, 0.05) is 16.3 Å². The molecule has 3 rings (SSSR count). The van der Waals surface area contributed by atoms with Gasteiger partial charge in [-0.25, -0.2) is 4.79 Å². The van der Waals surface area contributed by atoms with Gasteiger partial charge in [-0.05, 0) is 36.8 Å². The van der Waals surface area contributed by atoms with Crippen LogP contribution in [0.3, 0.4) is 0 Å². The molecule has 0 aliphatic rings. The average molecular weight is 369 g/mol. The molecule has 25 heavy (non-hydrogen) atoms. The highest BCUT2D eigenvalue weighted by atomic mass is 35.5. The highest BCUT2D eigenvalue weighted by Gasteiger charge is 2.16. The molecule has 3 aromatic carbocycles. The van der Waals surface area contributed by atoms with Crippen LogP contribution in [0.4, 0.5) is 0 Å². The topological polar surface area (TPSA) is 26.3 Å². The largest absolute Gasteiger partial charge is 0.421 e. The normalized spacial score (nSPS) is 10.5. The number of hydrogen-bond acceptors (Lipinski definition) is 3. The SMILES string of the molecule is Cc1c(Cl)ccc(SCc2ccccc2)c1OC(=O)c1ccccc1. The number of carbonyl (C=O) groups is 1. The third-order valence-electron chi connectivity index (χ3n) is 3.75. The van der Waals surface area contributed by atoms with Crippen molar-refractivity contribution in [1.82, 2.24) is 0 Å². The maximum Gasteiger partial charge on any atom is 0.343 e. The molecule has 0 bridgehead atoms. The first kappa shape index (κ1) is 17.6. The van der Waals surface area contributed by atoms with Crippen molar-refractivity contribution in [1.29, 1.82) is 0 Å². The number of ether oxygens (including phenoxy) is 1. The van der Waals surface area contributed by atoms with Crippen LogP contribution < -0.4 is 4.74 Å². The second-order valence-corrected chi connectivity index (χ2v) is 6.95. The van der Waals surface area contributed by atoms with E-state index in [0.29, 0.717) is 16.3 Å². The molecule has 0 radical (unpaired) electrons. The Morgan fingerprint density at radius 2 is 1.60 bits per heavy atom. The van der Waals surface area contributed by atoms with Crippen molar-refractivity contribution in [2.75, 3.05) is 0 Å². The first-order chi connectivity index (χ1) is 12.1. The summed E-state index contributed by atoms with van der Waals surface area (Å²) in [6.45, 7) is 1.86. The van der Waals surface area contributed by atoms with Gasteiger partial charge < -0.3 is 4.74 Å². The monoisotopic (exact) mass is 368 g/mol. The van der Waals surface area contributed by atoms with Crippen molar-refractivity contribution < 1.29 is 9.53 Å². The van der Waals surface area contributed by atoms with E-state index in [2.05, 4.69) is 12.1 Å². The van der Waals surface area contributed by atoms with E-state index in [-0.39, 0.29) is 5.97 Å². The predicted molar refractivity (Wildman–Crippen MR) is 104 cm³/mol. The number of halogens is 1. The summed E-state index contributed by atoms with van der Waals surface area (Å²) in [5.41, 5.74) is 2.49. The zero-order valence-corrected chi connectivity index (χ0v) is 15.3. The Hall–Kier alpha value is -2.23. The standard InChI is InChI=1S/C21H17ClO2S/c1-15-18(22)12-13-19(25-14-16-8-4-2-5-9-16)20(15)24-21(23)17-10-6-3-7-11-17/h2-13H,14H2,1H3. The molecule has 0 aliphatic heterocycles. The van der Waals surface area contributed by atoms with Gasteiger partial charge in [0.25, 0.3) is 0 Å². The third kappa shape index (κ3) is 4.44. The fourth-order valence-corrected chi connectivity index (χ4v) is 3.50. The zero-order valence-electron chi connectivity index (χ0n) is 13.7. The number of esters is 1. The average Bonchev–Trinajstić information content (AvgIpc) is 2.66. The molecule has 0 fully saturated rings. The quantitative estimate of drug-likeness (QED) is 0.306. The van der Waals surface area contributed by atoms with E-state index in [1.165, 1.54) is 5.56 Å². The van der Waals surface area contributed by atoms with Crippen molar-refractivity contribution in [3.05, 3.63) is 94.5 Å². The molecule has 0 spiro atoms. The Morgan fingerprint density at radius 3 is 2.28 bits per heavy atom. The van der Waals surface area contributed by atoms with Gasteiger partial charge in [0.05, 0.1) is 10.5 Å². The van der Waals surface area contributed by atoms with E-state index in [1.54, 1.807) is 23.9 Å². The Morgan fingerprint density at radius 1 is 0.960 bits per heavy atom. The van der Waals surface area contributed by atoms with E-state index < -0.39 is 0 Å². The van der Waals surface area contributed by atoms with E-state index in [0.717, 1.165) is 16.2 Å². The number of benzene rings is 3. The lowest BCUT2D eigenvalue weighted by Gasteiger charge is -2.14. The molecule has 0 saturated heterocycles. The van der Waals surface area contributed by atoms with Crippen LogP contribution in [0.2, 0.25) is 5.02 Å². The van der Waals surface area contributed by atoms with Crippen molar-refractivity contribution in [2.45, 2.75) is 17.6 Å². The smallest absolute Gasteiger partial charge is 0.343 e. The lowest BCUT2D eigenvalue weighted by molar-refractivity contribution is 0.0729. The molecular weight excluding hydrogens is 352 g/mol. The Bertz CT molecular complexity index is 864. The molecule has 0 amide bonds. The van der Waals surface area contributed by atoms with Crippen LogP contribution in [-0.2, 0) is 5.75 Å². The summed E-state index contributed by atoms with van der Waals surface area (Å²) in [6, 6.07) is 22.9. The Kier molecular flexibility index (Phi) is 5.79. The maximum atomic E-state index is 12.4. The zero-order chi connectivity index (χ0) is 17.6. The lowest BCUT2D eigenvalue weighted by Crippen LogP contribution is -2.10. The Labute approximate surface area is 156 Å². The van der Waals surface area contributed by atoms with E-state index in [1.807, 2.05) is 55.5 Å². The van der Waals surface area contributed by atoms with E-state index in [4.69, 9.17) is 16.3 Å². The molecule has 0 heterocycles. The maximum absolute atomic E-state index is 12.4. The lowest BCUT2D eigenvalue weighted by atomic mass is 10.2.